The first-order chi connectivity index (χ1) is 13.6. The molecule has 2 fully saturated rings. The van der Waals surface area contributed by atoms with E-state index in [1.54, 1.807) is 12.1 Å². The summed E-state index contributed by atoms with van der Waals surface area (Å²) >= 11 is 0. The average Bonchev–Trinajstić information content (AvgIpc) is 3.40. The second kappa shape index (κ2) is 8.50. The fourth-order valence-corrected chi connectivity index (χ4v) is 4.53. The highest BCUT2D eigenvalue weighted by Gasteiger charge is 2.42. The molecule has 1 N–H and O–H groups in total. The third-order valence-electron chi connectivity index (χ3n) is 6.24. The van der Waals surface area contributed by atoms with Crippen molar-refractivity contribution in [3.8, 4) is 0 Å². The van der Waals surface area contributed by atoms with Gasteiger partial charge in [0.05, 0.1) is 18.0 Å². The smallest absolute Gasteiger partial charge is 0.287 e. The molecule has 3 heterocycles. The van der Waals surface area contributed by atoms with Crippen LogP contribution in [-0.2, 0) is 4.74 Å². The van der Waals surface area contributed by atoms with E-state index in [9.17, 15) is 4.79 Å². The van der Waals surface area contributed by atoms with Crippen LogP contribution in [0.1, 0.15) is 54.6 Å². The SMILES string of the molecule is CC(CN1CCC2(CCC(CNC(=O)c3ccco3)O2)CC1)c1ccccc1. The average molecular weight is 383 g/mol. The van der Waals surface area contributed by atoms with E-state index in [4.69, 9.17) is 9.15 Å². The van der Waals surface area contributed by atoms with Crippen LogP contribution in [0.4, 0.5) is 0 Å². The zero-order valence-corrected chi connectivity index (χ0v) is 16.6. The molecule has 2 aliphatic rings. The number of piperidine rings is 1. The molecule has 0 radical (unpaired) electrons. The van der Waals surface area contributed by atoms with Gasteiger partial charge in [0.1, 0.15) is 0 Å². The second-order valence-electron chi connectivity index (χ2n) is 8.26. The summed E-state index contributed by atoms with van der Waals surface area (Å²) in [5.74, 6) is 0.733. The number of carbonyl (C=O) groups is 1. The molecular weight excluding hydrogens is 352 g/mol. The number of ether oxygens (including phenoxy) is 1. The van der Waals surface area contributed by atoms with E-state index in [1.165, 1.54) is 11.8 Å². The molecule has 1 amide bonds. The molecule has 0 bridgehead atoms. The molecule has 28 heavy (non-hydrogen) atoms. The first-order valence-electron chi connectivity index (χ1n) is 10.4. The lowest BCUT2D eigenvalue weighted by molar-refractivity contribution is -0.0758. The normalized spacial score (nSPS) is 23.0. The molecule has 2 saturated heterocycles. The van der Waals surface area contributed by atoms with Crippen molar-refractivity contribution in [1.82, 2.24) is 10.2 Å². The molecule has 2 aromatic rings. The predicted octanol–water partition coefficient (Wildman–Crippen LogP) is 3.83. The van der Waals surface area contributed by atoms with Crippen LogP contribution in [0.2, 0.25) is 0 Å². The summed E-state index contributed by atoms with van der Waals surface area (Å²) in [6, 6.07) is 14.2. The minimum atomic E-state index is -0.167. The first-order valence-corrected chi connectivity index (χ1v) is 10.4. The van der Waals surface area contributed by atoms with E-state index in [0.29, 0.717) is 18.2 Å². The van der Waals surface area contributed by atoms with Gasteiger partial charge in [-0.15, -0.1) is 0 Å². The maximum absolute atomic E-state index is 12.0. The van der Waals surface area contributed by atoms with Crippen LogP contribution in [0.15, 0.2) is 53.1 Å². The highest BCUT2D eigenvalue weighted by Crippen LogP contribution is 2.39. The Bertz CT molecular complexity index is 751. The number of hydrogen-bond acceptors (Lipinski definition) is 4. The van der Waals surface area contributed by atoms with Gasteiger partial charge in [0.25, 0.3) is 5.91 Å². The number of nitrogens with zero attached hydrogens (tertiary/aromatic N) is 1. The minimum Gasteiger partial charge on any atom is -0.459 e. The minimum absolute atomic E-state index is 0.00651. The lowest BCUT2D eigenvalue weighted by Gasteiger charge is -2.40. The summed E-state index contributed by atoms with van der Waals surface area (Å²) in [4.78, 5) is 14.6. The van der Waals surface area contributed by atoms with Gasteiger partial charge in [0.15, 0.2) is 5.76 Å². The predicted molar refractivity (Wildman–Crippen MR) is 108 cm³/mol. The van der Waals surface area contributed by atoms with E-state index in [2.05, 4.69) is 47.5 Å². The Morgan fingerprint density at radius 2 is 1.96 bits per heavy atom. The number of amides is 1. The molecule has 5 heteroatoms. The fraction of sp³-hybridized carbons (Fsp3) is 0.522. The highest BCUT2D eigenvalue weighted by molar-refractivity contribution is 5.91. The van der Waals surface area contributed by atoms with Crippen molar-refractivity contribution >= 4 is 5.91 Å². The van der Waals surface area contributed by atoms with E-state index >= 15 is 0 Å². The number of rotatable bonds is 6. The summed E-state index contributed by atoms with van der Waals surface area (Å²) in [5.41, 5.74) is 1.42. The maximum atomic E-state index is 12.0. The Kier molecular flexibility index (Phi) is 5.83. The zero-order valence-electron chi connectivity index (χ0n) is 16.6. The number of carbonyl (C=O) groups excluding carboxylic acids is 1. The first kappa shape index (κ1) is 19.2. The molecule has 5 nitrogen and oxygen atoms in total. The van der Waals surface area contributed by atoms with Crippen LogP contribution < -0.4 is 5.32 Å². The van der Waals surface area contributed by atoms with Crippen LogP contribution in [0, 0.1) is 0 Å². The Morgan fingerprint density at radius 1 is 1.18 bits per heavy atom. The van der Waals surface area contributed by atoms with Crippen molar-refractivity contribution in [3.63, 3.8) is 0 Å². The summed E-state index contributed by atoms with van der Waals surface area (Å²) < 4.78 is 11.6. The van der Waals surface area contributed by atoms with Gasteiger partial charge in [-0.25, -0.2) is 0 Å². The Morgan fingerprint density at radius 3 is 2.68 bits per heavy atom. The number of furan rings is 1. The van der Waals surface area contributed by atoms with Crippen molar-refractivity contribution in [2.75, 3.05) is 26.2 Å². The molecule has 2 aliphatic heterocycles. The standard InChI is InChI=1S/C23H30N2O3/c1-18(19-6-3-2-4-7-19)17-25-13-11-23(12-14-25)10-9-20(28-23)16-24-22(26)21-8-5-15-27-21/h2-8,15,18,20H,9-14,16-17H2,1H3,(H,24,26). The molecule has 1 spiro atoms. The topological polar surface area (TPSA) is 54.7 Å². The molecule has 1 aromatic heterocycles. The molecule has 4 rings (SSSR count). The number of benzene rings is 1. The largest absolute Gasteiger partial charge is 0.459 e. The third-order valence-corrected chi connectivity index (χ3v) is 6.24. The number of hydrogen-bond donors (Lipinski definition) is 1. The lowest BCUT2D eigenvalue weighted by atomic mass is 9.88. The number of likely N-dealkylation sites (tertiary alicyclic amines) is 1. The van der Waals surface area contributed by atoms with Gasteiger partial charge in [0, 0.05) is 26.2 Å². The molecule has 150 valence electrons. The molecular formula is C23H30N2O3. The van der Waals surface area contributed by atoms with Crippen molar-refractivity contribution in [1.29, 1.82) is 0 Å². The number of nitrogens with one attached hydrogen (secondary N) is 1. The quantitative estimate of drug-likeness (QED) is 0.825. The zero-order chi connectivity index (χ0) is 19.4. The third kappa shape index (κ3) is 4.47. The van der Waals surface area contributed by atoms with Crippen molar-refractivity contribution in [2.24, 2.45) is 0 Å². The van der Waals surface area contributed by atoms with E-state index in [-0.39, 0.29) is 17.6 Å². The van der Waals surface area contributed by atoms with Gasteiger partial charge in [-0.2, -0.15) is 0 Å². The second-order valence-corrected chi connectivity index (χ2v) is 8.26. The van der Waals surface area contributed by atoms with Crippen molar-refractivity contribution in [3.05, 3.63) is 60.1 Å². The molecule has 2 unspecified atom stereocenters. The van der Waals surface area contributed by atoms with E-state index < -0.39 is 0 Å². The summed E-state index contributed by atoms with van der Waals surface area (Å²) in [6.07, 6.45) is 5.89. The van der Waals surface area contributed by atoms with Gasteiger partial charge in [-0.3, -0.25) is 4.79 Å². The van der Waals surface area contributed by atoms with Crippen LogP contribution in [0.25, 0.3) is 0 Å². The summed E-state index contributed by atoms with van der Waals surface area (Å²) in [7, 11) is 0. The molecule has 2 atom stereocenters. The molecule has 1 aromatic carbocycles. The van der Waals surface area contributed by atoms with Crippen LogP contribution in [0.3, 0.4) is 0 Å². The fourth-order valence-electron chi connectivity index (χ4n) is 4.53. The summed E-state index contributed by atoms with van der Waals surface area (Å²) in [5, 5.41) is 2.93. The van der Waals surface area contributed by atoms with Gasteiger partial charge in [0.2, 0.25) is 0 Å². The van der Waals surface area contributed by atoms with Crippen LogP contribution >= 0.6 is 0 Å². The molecule has 0 saturated carbocycles. The Labute approximate surface area is 167 Å². The van der Waals surface area contributed by atoms with Gasteiger partial charge < -0.3 is 19.4 Å². The van der Waals surface area contributed by atoms with Crippen molar-refractivity contribution < 1.29 is 13.9 Å². The van der Waals surface area contributed by atoms with Gasteiger partial charge >= 0.3 is 0 Å². The molecule has 0 aliphatic carbocycles. The van der Waals surface area contributed by atoms with E-state index in [1.807, 2.05) is 0 Å². The highest BCUT2D eigenvalue weighted by atomic mass is 16.5. The maximum Gasteiger partial charge on any atom is 0.287 e. The van der Waals surface area contributed by atoms with Crippen molar-refractivity contribution in [2.45, 2.75) is 50.2 Å². The van der Waals surface area contributed by atoms with Gasteiger partial charge in [-0.05, 0) is 49.3 Å². The van der Waals surface area contributed by atoms with Gasteiger partial charge in [-0.1, -0.05) is 37.3 Å². The monoisotopic (exact) mass is 382 g/mol. The Hall–Kier alpha value is -2.11. The summed E-state index contributed by atoms with van der Waals surface area (Å²) in [6.45, 7) is 6.13. The Balaban J connectivity index is 1.22. The van der Waals surface area contributed by atoms with E-state index in [0.717, 1.165) is 45.3 Å². The lowest BCUT2D eigenvalue weighted by Crippen LogP contribution is -2.46. The van der Waals surface area contributed by atoms with Crippen LogP contribution in [-0.4, -0.2) is 48.7 Å². The van der Waals surface area contributed by atoms with Crippen LogP contribution in [0.5, 0.6) is 0 Å².